The summed E-state index contributed by atoms with van der Waals surface area (Å²) in [7, 11) is 1.98. The molecule has 2 saturated heterocycles. The lowest BCUT2D eigenvalue weighted by molar-refractivity contribution is -0.140. The Labute approximate surface area is 182 Å². The van der Waals surface area contributed by atoms with Gasteiger partial charge in [-0.1, -0.05) is 0 Å². The first-order chi connectivity index (χ1) is 15.4. The Bertz CT molecular complexity index is 1100. The first-order valence-corrected chi connectivity index (χ1v) is 10.4. The third kappa shape index (κ3) is 3.90. The molecule has 0 amide bonds. The van der Waals surface area contributed by atoms with Crippen LogP contribution in [0.15, 0.2) is 30.9 Å². The Kier molecular flexibility index (Phi) is 5.24. The van der Waals surface area contributed by atoms with Crippen molar-refractivity contribution in [3.05, 3.63) is 36.5 Å². The average molecular weight is 448 g/mol. The van der Waals surface area contributed by atoms with Crippen LogP contribution in [0, 0.1) is 0 Å². The van der Waals surface area contributed by atoms with Gasteiger partial charge in [-0.05, 0) is 12.5 Å². The Morgan fingerprint density at radius 3 is 2.66 bits per heavy atom. The molecule has 3 aromatic rings. The van der Waals surface area contributed by atoms with Crippen molar-refractivity contribution in [3.8, 4) is 0 Å². The van der Waals surface area contributed by atoms with E-state index in [0.29, 0.717) is 38.1 Å². The molecule has 5 rings (SSSR count). The van der Waals surface area contributed by atoms with Gasteiger partial charge in [0.25, 0.3) is 0 Å². The van der Waals surface area contributed by atoms with E-state index in [1.807, 2.05) is 18.0 Å². The van der Waals surface area contributed by atoms with Gasteiger partial charge in [-0.25, -0.2) is 15.0 Å². The second-order valence-corrected chi connectivity index (χ2v) is 7.92. The Balaban J connectivity index is 1.34. The van der Waals surface area contributed by atoms with Crippen molar-refractivity contribution in [2.24, 2.45) is 0 Å². The van der Waals surface area contributed by atoms with E-state index in [1.165, 1.54) is 16.8 Å². The van der Waals surface area contributed by atoms with Gasteiger partial charge >= 0.3 is 6.18 Å². The second-order valence-electron chi connectivity index (χ2n) is 7.92. The summed E-state index contributed by atoms with van der Waals surface area (Å²) in [6.07, 6.45) is 2.05. The molecule has 0 bridgehead atoms. The number of halogens is 3. The zero-order valence-electron chi connectivity index (χ0n) is 17.5. The molecule has 2 aliphatic rings. The highest BCUT2D eigenvalue weighted by Crippen LogP contribution is 2.31. The van der Waals surface area contributed by atoms with Gasteiger partial charge in [-0.2, -0.15) is 18.2 Å². The molecule has 2 fully saturated rings. The molecule has 32 heavy (non-hydrogen) atoms. The third-order valence-corrected chi connectivity index (χ3v) is 5.94. The molecule has 1 atom stereocenters. The van der Waals surface area contributed by atoms with Crippen LogP contribution in [0.4, 0.5) is 30.8 Å². The standard InChI is InChI=1S/C20H23F3N8O/c1-28(16-2-4-25-19(27-16)29-8-10-32-11-9-29)14-3-6-30(12-14)17-18-26-15(20(21,22)23)13-31(18)7-5-24-17/h2,4-5,7,13-14H,3,6,8-12H2,1H3. The van der Waals surface area contributed by atoms with E-state index in [9.17, 15) is 13.2 Å². The number of aromatic nitrogens is 5. The SMILES string of the molecule is CN(c1ccnc(N2CCOCC2)n1)C1CCN(c2nccn3cc(C(F)(F)F)nc23)C1. The first kappa shape index (κ1) is 20.7. The van der Waals surface area contributed by atoms with Crippen molar-refractivity contribution in [2.45, 2.75) is 18.6 Å². The fourth-order valence-electron chi connectivity index (χ4n) is 4.15. The fraction of sp³-hybridized carbons (Fsp3) is 0.500. The lowest BCUT2D eigenvalue weighted by Crippen LogP contribution is -2.38. The van der Waals surface area contributed by atoms with Gasteiger partial charge in [0.15, 0.2) is 17.2 Å². The van der Waals surface area contributed by atoms with Gasteiger partial charge < -0.3 is 23.8 Å². The number of rotatable bonds is 4. The quantitative estimate of drug-likeness (QED) is 0.601. The number of hydrogen-bond donors (Lipinski definition) is 0. The molecule has 0 aliphatic carbocycles. The van der Waals surface area contributed by atoms with E-state index < -0.39 is 11.9 Å². The summed E-state index contributed by atoms with van der Waals surface area (Å²) in [5, 5.41) is 0. The molecule has 0 radical (unpaired) electrons. The molecular weight excluding hydrogens is 425 g/mol. The van der Waals surface area contributed by atoms with E-state index in [2.05, 4.69) is 24.8 Å². The summed E-state index contributed by atoms with van der Waals surface area (Å²) >= 11 is 0. The number of morpholine rings is 1. The Morgan fingerprint density at radius 1 is 1.06 bits per heavy atom. The maximum Gasteiger partial charge on any atom is 0.434 e. The number of alkyl halides is 3. The Hall–Kier alpha value is -3.15. The molecular formula is C20H23F3N8O. The zero-order chi connectivity index (χ0) is 22.3. The number of likely N-dealkylation sites (N-methyl/N-ethyl adjacent to an activating group) is 1. The highest BCUT2D eigenvalue weighted by atomic mass is 19.4. The first-order valence-electron chi connectivity index (χ1n) is 10.4. The van der Waals surface area contributed by atoms with Crippen molar-refractivity contribution in [1.82, 2.24) is 24.3 Å². The van der Waals surface area contributed by atoms with Crippen LogP contribution in [0.5, 0.6) is 0 Å². The maximum atomic E-state index is 13.1. The lowest BCUT2D eigenvalue weighted by atomic mass is 10.2. The molecule has 0 spiro atoms. The minimum atomic E-state index is -4.50. The predicted octanol–water partition coefficient (Wildman–Crippen LogP) is 2.09. The summed E-state index contributed by atoms with van der Waals surface area (Å²) in [4.78, 5) is 23.4. The van der Waals surface area contributed by atoms with Crippen molar-refractivity contribution in [3.63, 3.8) is 0 Å². The number of nitrogens with zero attached hydrogens (tertiary/aromatic N) is 8. The van der Waals surface area contributed by atoms with E-state index >= 15 is 0 Å². The molecule has 3 aromatic heterocycles. The average Bonchev–Trinajstić information content (AvgIpc) is 3.46. The summed E-state index contributed by atoms with van der Waals surface area (Å²) in [5.74, 6) is 1.94. The van der Waals surface area contributed by atoms with Crippen LogP contribution in [0.25, 0.3) is 5.65 Å². The largest absolute Gasteiger partial charge is 0.434 e. The smallest absolute Gasteiger partial charge is 0.378 e. The molecule has 9 nitrogen and oxygen atoms in total. The highest BCUT2D eigenvalue weighted by Gasteiger charge is 2.35. The molecule has 5 heterocycles. The molecule has 12 heteroatoms. The molecule has 0 aromatic carbocycles. The van der Waals surface area contributed by atoms with Crippen molar-refractivity contribution < 1.29 is 17.9 Å². The van der Waals surface area contributed by atoms with Gasteiger partial charge in [-0.3, -0.25) is 0 Å². The van der Waals surface area contributed by atoms with Crippen molar-refractivity contribution in [2.75, 3.05) is 61.1 Å². The molecule has 2 aliphatic heterocycles. The summed E-state index contributed by atoms with van der Waals surface area (Å²) in [6, 6.07) is 2.00. The van der Waals surface area contributed by atoms with E-state index in [0.717, 1.165) is 31.5 Å². The highest BCUT2D eigenvalue weighted by molar-refractivity contribution is 5.65. The Morgan fingerprint density at radius 2 is 1.88 bits per heavy atom. The van der Waals surface area contributed by atoms with E-state index in [4.69, 9.17) is 9.72 Å². The van der Waals surface area contributed by atoms with Crippen molar-refractivity contribution in [1.29, 1.82) is 0 Å². The van der Waals surface area contributed by atoms with Gasteiger partial charge in [0.05, 0.1) is 13.2 Å². The topological polar surface area (TPSA) is 74.9 Å². The summed E-state index contributed by atoms with van der Waals surface area (Å²) in [6.45, 7) is 4.09. The minimum Gasteiger partial charge on any atom is -0.378 e. The molecule has 1 unspecified atom stereocenters. The minimum absolute atomic E-state index is 0.126. The van der Waals surface area contributed by atoms with Crippen molar-refractivity contribution >= 4 is 23.2 Å². The van der Waals surface area contributed by atoms with Gasteiger partial charge in [-0.15, -0.1) is 0 Å². The van der Waals surface area contributed by atoms with Crippen LogP contribution >= 0.6 is 0 Å². The van der Waals surface area contributed by atoms with Crippen LogP contribution in [0.3, 0.4) is 0 Å². The van der Waals surface area contributed by atoms with Crippen LogP contribution in [-0.4, -0.2) is 76.8 Å². The van der Waals surface area contributed by atoms with Gasteiger partial charge in [0.1, 0.15) is 5.82 Å². The van der Waals surface area contributed by atoms with Gasteiger partial charge in [0, 0.05) is 64.1 Å². The molecule has 0 N–H and O–H groups in total. The number of fused-ring (bicyclic) bond motifs is 1. The van der Waals surface area contributed by atoms with Gasteiger partial charge in [0.2, 0.25) is 5.95 Å². The third-order valence-electron chi connectivity index (χ3n) is 5.94. The molecule has 170 valence electrons. The van der Waals surface area contributed by atoms with Crippen LogP contribution < -0.4 is 14.7 Å². The second kappa shape index (κ2) is 8.08. The number of imidazole rings is 1. The predicted molar refractivity (Wildman–Crippen MR) is 112 cm³/mol. The monoisotopic (exact) mass is 448 g/mol. The normalized spacial score (nSPS) is 19.7. The zero-order valence-corrected chi connectivity index (χ0v) is 17.5. The van der Waals surface area contributed by atoms with E-state index in [1.54, 1.807) is 6.20 Å². The number of hydrogen-bond acceptors (Lipinski definition) is 8. The van der Waals surface area contributed by atoms with Crippen LogP contribution in [-0.2, 0) is 10.9 Å². The van der Waals surface area contributed by atoms with Crippen LogP contribution in [0.1, 0.15) is 12.1 Å². The molecule has 0 saturated carbocycles. The lowest BCUT2D eigenvalue weighted by Gasteiger charge is -2.29. The number of ether oxygens (including phenoxy) is 1. The van der Waals surface area contributed by atoms with E-state index in [-0.39, 0.29) is 11.7 Å². The van der Waals surface area contributed by atoms with Crippen LogP contribution in [0.2, 0.25) is 0 Å². The fourth-order valence-corrected chi connectivity index (χ4v) is 4.15. The summed E-state index contributed by atoms with van der Waals surface area (Å²) in [5.41, 5.74) is -0.712. The summed E-state index contributed by atoms with van der Waals surface area (Å²) < 4.78 is 46.1. The number of anilines is 3. The maximum absolute atomic E-state index is 13.1.